The molecule has 0 bridgehead atoms. The first-order valence-electron chi connectivity index (χ1n) is 7.94. The third-order valence-electron chi connectivity index (χ3n) is 3.79. The predicted molar refractivity (Wildman–Crippen MR) is 84.0 cm³/mol. The Morgan fingerprint density at radius 3 is 2.71 bits per heavy atom. The van der Waals surface area contributed by atoms with Gasteiger partial charge in [-0.3, -0.25) is 0 Å². The van der Waals surface area contributed by atoms with Crippen LogP contribution in [0.2, 0.25) is 0 Å². The Bertz CT molecular complexity index is 451. The lowest BCUT2D eigenvalue weighted by Gasteiger charge is -2.28. The predicted octanol–water partition coefficient (Wildman–Crippen LogP) is 3.37. The zero-order chi connectivity index (χ0) is 15.2. The van der Waals surface area contributed by atoms with Crippen LogP contribution < -0.4 is 10.1 Å². The molecule has 21 heavy (non-hydrogen) atoms. The second-order valence-corrected chi connectivity index (χ2v) is 5.90. The highest BCUT2D eigenvalue weighted by Crippen LogP contribution is 2.26. The SMILES string of the molecule is CCNc1cc(OC2CCCC(OC)C2)nc(C(C)C)n1. The lowest BCUT2D eigenvalue weighted by atomic mass is 9.95. The number of nitrogens with one attached hydrogen (secondary N) is 1. The molecule has 1 aliphatic carbocycles. The maximum absolute atomic E-state index is 6.09. The number of ether oxygens (including phenoxy) is 2. The number of methoxy groups -OCH3 is 1. The van der Waals surface area contributed by atoms with Crippen molar-refractivity contribution in [3.8, 4) is 5.88 Å². The van der Waals surface area contributed by atoms with Crippen molar-refractivity contribution in [2.75, 3.05) is 19.0 Å². The van der Waals surface area contributed by atoms with E-state index in [0.717, 1.165) is 43.9 Å². The second kappa shape index (κ2) is 7.59. The van der Waals surface area contributed by atoms with E-state index in [0.29, 0.717) is 12.0 Å². The maximum atomic E-state index is 6.09. The van der Waals surface area contributed by atoms with Gasteiger partial charge in [-0.25, -0.2) is 4.98 Å². The molecule has 0 spiro atoms. The van der Waals surface area contributed by atoms with Crippen LogP contribution in [0.1, 0.15) is 58.2 Å². The van der Waals surface area contributed by atoms with E-state index >= 15 is 0 Å². The highest BCUT2D eigenvalue weighted by molar-refractivity contribution is 5.38. The van der Waals surface area contributed by atoms with E-state index in [1.165, 1.54) is 0 Å². The van der Waals surface area contributed by atoms with Gasteiger partial charge in [0.15, 0.2) is 0 Å². The average Bonchev–Trinajstić information content (AvgIpc) is 2.47. The van der Waals surface area contributed by atoms with Crippen molar-refractivity contribution in [1.82, 2.24) is 9.97 Å². The molecule has 1 saturated carbocycles. The van der Waals surface area contributed by atoms with Crippen molar-refractivity contribution in [3.63, 3.8) is 0 Å². The van der Waals surface area contributed by atoms with Crippen molar-refractivity contribution in [2.45, 2.75) is 64.6 Å². The molecule has 1 heterocycles. The lowest BCUT2D eigenvalue weighted by molar-refractivity contribution is 0.0194. The van der Waals surface area contributed by atoms with E-state index in [2.05, 4.69) is 36.1 Å². The summed E-state index contributed by atoms with van der Waals surface area (Å²) in [6.07, 6.45) is 4.77. The van der Waals surface area contributed by atoms with Gasteiger partial charge in [0.25, 0.3) is 0 Å². The Labute approximate surface area is 127 Å². The Kier molecular flexibility index (Phi) is 5.79. The van der Waals surface area contributed by atoms with Gasteiger partial charge in [-0.1, -0.05) is 13.8 Å². The molecule has 0 aromatic carbocycles. The van der Waals surface area contributed by atoms with Gasteiger partial charge in [0.1, 0.15) is 17.7 Å². The molecule has 1 aromatic heterocycles. The molecule has 0 amide bonds. The Morgan fingerprint density at radius 1 is 1.29 bits per heavy atom. The fourth-order valence-electron chi connectivity index (χ4n) is 2.63. The molecule has 118 valence electrons. The summed E-state index contributed by atoms with van der Waals surface area (Å²) >= 11 is 0. The Balaban J connectivity index is 2.10. The van der Waals surface area contributed by atoms with Crippen LogP contribution >= 0.6 is 0 Å². The Morgan fingerprint density at radius 2 is 2.05 bits per heavy atom. The normalized spacial score (nSPS) is 22.3. The largest absolute Gasteiger partial charge is 0.474 e. The average molecular weight is 293 g/mol. The number of nitrogens with zero attached hydrogens (tertiary/aromatic N) is 2. The number of rotatable bonds is 6. The van der Waals surface area contributed by atoms with Gasteiger partial charge in [-0.15, -0.1) is 0 Å². The summed E-state index contributed by atoms with van der Waals surface area (Å²) in [5.74, 6) is 2.61. The van der Waals surface area contributed by atoms with E-state index in [4.69, 9.17) is 9.47 Å². The molecule has 1 aliphatic rings. The van der Waals surface area contributed by atoms with Crippen molar-refractivity contribution in [3.05, 3.63) is 11.9 Å². The van der Waals surface area contributed by atoms with Gasteiger partial charge >= 0.3 is 0 Å². The molecule has 0 saturated heterocycles. The van der Waals surface area contributed by atoms with Crippen LogP contribution in [0.25, 0.3) is 0 Å². The summed E-state index contributed by atoms with van der Waals surface area (Å²) in [4.78, 5) is 9.07. The molecule has 1 N–H and O–H groups in total. The molecule has 2 rings (SSSR count). The van der Waals surface area contributed by atoms with Crippen molar-refractivity contribution >= 4 is 5.82 Å². The molecule has 5 heteroatoms. The lowest BCUT2D eigenvalue weighted by Crippen LogP contribution is -2.29. The molecule has 2 unspecified atom stereocenters. The van der Waals surface area contributed by atoms with Crippen LogP contribution in [0.15, 0.2) is 6.07 Å². The summed E-state index contributed by atoms with van der Waals surface area (Å²) in [7, 11) is 1.78. The third-order valence-corrected chi connectivity index (χ3v) is 3.79. The summed E-state index contributed by atoms with van der Waals surface area (Å²) in [6.45, 7) is 7.08. The molecule has 1 fully saturated rings. The van der Waals surface area contributed by atoms with E-state index in [1.54, 1.807) is 7.11 Å². The molecular weight excluding hydrogens is 266 g/mol. The topological polar surface area (TPSA) is 56.3 Å². The molecular formula is C16H27N3O2. The zero-order valence-electron chi connectivity index (χ0n) is 13.6. The van der Waals surface area contributed by atoms with Gasteiger partial charge in [-0.05, 0) is 26.2 Å². The first-order valence-corrected chi connectivity index (χ1v) is 7.94. The molecule has 1 aromatic rings. The fraction of sp³-hybridized carbons (Fsp3) is 0.750. The van der Waals surface area contributed by atoms with E-state index in [9.17, 15) is 0 Å². The van der Waals surface area contributed by atoms with Crippen LogP contribution in [0.5, 0.6) is 5.88 Å². The van der Waals surface area contributed by atoms with Gasteiger partial charge in [0.05, 0.1) is 6.10 Å². The minimum absolute atomic E-state index is 0.188. The number of hydrogen-bond acceptors (Lipinski definition) is 5. The first-order chi connectivity index (χ1) is 10.1. The van der Waals surface area contributed by atoms with Crippen LogP contribution in [0.4, 0.5) is 5.82 Å². The minimum atomic E-state index is 0.188. The summed E-state index contributed by atoms with van der Waals surface area (Å²) in [6, 6.07) is 1.89. The van der Waals surface area contributed by atoms with Crippen LogP contribution in [0, 0.1) is 0 Å². The van der Waals surface area contributed by atoms with Crippen LogP contribution in [-0.4, -0.2) is 35.8 Å². The summed E-state index contributed by atoms with van der Waals surface area (Å²) < 4.78 is 11.6. The van der Waals surface area contributed by atoms with Crippen molar-refractivity contribution in [1.29, 1.82) is 0 Å². The van der Waals surface area contributed by atoms with Crippen LogP contribution in [0.3, 0.4) is 0 Å². The molecule has 0 radical (unpaired) electrons. The standard InChI is InChI=1S/C16H27N3O2/c1-5-17-14-10-15(19-16(18-14)11(2)3)21-13-8-6-7-12(9-13)20-4/h10-13H,5-9H2,1-4H3,(H,17,18,19). The smallest absolute Gasteiger partial charge is 0.219 e. The maximum Gasteiger partial charge on any atom is 0.219 e. The van der Waals surface area contributed by atoms with E-state index in [-0.39, 0.29) is 12.0 Å². The number of aromatic nitrogens is 2. The van der Waals surface area contributed by atoms with Gasteiger partial charge in [0.2, 0.25) is 5.88 Å². The summed E-state index contributed by atoms with van der Waals surface area (Å²) in [5, 5.41) is 3.24. The van der Waals surface area contributed by atoms with Gasteiger partial charge in [-0.2, -0.15) is 4.98 Å². The van der Waals surface area contributed by atoms with E-state index < -0.39 is 0 Å². The fourth-order valence-corrected chi connectivity index (χ4v) is 2.63. The monoisotopic (exact) mass is 293 g/mol. The van der Waals surface area contributed by atoms with Gasteiger partial charge in [0, 0.05) is 32.1 Å². The van der Waals surface area contributed by atoms with E-state index in [1.807, 2.05) is 6.07 Å². The van der Waals surface area contributed by atoms with Crippen molar-refractivity contribution < 1.29 is 9.47 Å². The minimum Gasteiger partial charge on any atom is -0.474 e. The zero-order valence-corrected chi connectivity index (χ0v) is 13.6. The third kappa shape index (κ3) is 4.56. The molecule has 5 nitrogen and oxygen atoms in total. The quantitative estimate of drug-likeness (QED) is 0.871. The van der Waals surface area contributed by atoms with Crippen molar-refractivity contribution in [2.24, 2.45) is 0 Å². The summed E-state index contributed by atoms with van der Waals surface area (Å²) in [5.41, 5.74) is 0. The number of anilines is 1. The number of hydrogen-bond donors (Lipinski definition) is 1. The second-order valence-electron chi connectivity index (χ2n) is 5.90. The van der Waals surface area contributed by atoms with Crippen LogP contribution in [-0.2, 0) is 4.74 Å². The highest BCUT2D eigenvalue weighted by Gasteiger charge is 2.24. The molecule has 2 atom stereocenters. The first kappa shape index (κ1) is 16.0. The molecule has 0 aliphatic heterocycles. The van der Waals surface area contributed by atoms with Gasteiger partial charge < -0.3 is 14.8 Å². The Hall–Kier alpha value is -1.36. The highest BCUT2D eigenvalue weighted by atomic mass is 16.5.